The van der Waals surface area contributed by atoms with E-state index < -0.39 is 0 Å². The molecular formula is C14H20N4OS2. The molecule has 0 aliphatic rings. The van der Waals surface area contributed by atoms with Crippen molar-refractivity contribution >= 4 is 40.5 Å². The van der Waals surface area contributed by atoms with Gasteiger partial charge in [0, 0.05) is 6.54 Å². The summed E-state index contributed by atoms with van der Waals surface area (Å²) in [7, 11) is 1.64. The summed E-state index contributed by atoms with van der Waals surface area (Å²) in [6.07, 6.45) is 1.72. The van der Waals surface area contributed by atoms with Crippen LogP contribution in [0.3, 0.4) is 0 Å². The van der Waals surface area contributed by atoms with Crippen molar-refractivity contribution in [2.45, 2.75) is 13.8 Å². The van der Waals surface area contributed by atoms with Crippen LogP contribution < -0.4 is 15.5 Å². The van der Waals surface area contributed by atoms with Crippen LogP contribution in [0, 0.1) is 0 Å². The first-order valence-electron chi connectivity index (χ1n) is 6.62. The van der Waals surface area contributed by atoms with E-state index in [-0.39, 0.29) is 0 Å². The van der Waals surface area contributed by atoms with Gasteiger partial charge in [-0.2, -0.15) is 10.1 Å². The van der Waals surface area contributed by atoms with Crippen LogP contribution >= 0.6 is 24.0 Å². The molecule has 0 amide bonds. The Kier molecular flexibility index (Phi) is 8.45. The van der Waals surface area contributed by atoms with Gasteiger partial charge in [0.25, 0.3) is 0 Å². The number of thioether (sulfide) groups is 1. The molecule has 1 aromatic rings. The van der Waals surface area contributed by atoms with Crippen molar-refractivity contribution in [3.8, 4) is 5.75 Å². The minimum atomic E-state index is 0.459. The van der Waals surface area contributed by atoms with Crippen molar-refractivity contribution in [2.75, 3.05) is 19.4 Å². The highest BCUT2D eigenvalue weighted by molar-refractivity contribution is 8.13. The van der Waals surface area contributed by atoms with E-state index in [0.29, 0.717) is 10.3 Å². The van der Waals surface area contributed by atoms with Crippen LogP contribution in [0.25, 0.3) is 0 Å². The van der Waals surface area contributed by atoms with Gasteiger partial charge >= 0.3 is 0 Å². The second kappa shape index (κ2) is 10.2. The molecule has 0 aliphatic carbocycles. The summed E-state index contributed by atoms with van der Waals surface area (Å²) in [6, 6.07) is 7.63. The lowest BCUT2D eigenvalue weighted by Gasteiger charge is -2.05. The number of hydrogen-bond donors (Lipinski definition) is 2. The summed E-state index contributed by atoms with van der Waals surface area (Å²) in [6.45, 7) is 4.77. The van der Waals surface area contributed by atoms with Gasteiger partial charge in [-0.25, -0.2) is 0 Å². The molecule has 0 radical (unpaired) electrons. The fourth-order valence-electron chi connectivity index (χ4n) is 1.36. The molecule has 0 saturated heterocycles. The fraction of sp³-hybridized carbons (Fsp3) is 0.357. The average Bonchev–Trinajstić information content (AvgIpc) is 2.48. The zero-order chi connectivity index (χ0) is 15.5. The van der Waals surface area contributed by atoms with Crippen molar-refractivity contribution in [1.29, 1.82) is 0 Å². The number of hydrogen-bond acceptors (Lipinski definition) is 4. The number of benzene rings is 1. The van der Waals surface area contributed by atoms with Crippen LogP contribution in [0.15, 0.2) is 34.4 Å². The summed E-state index contributed by atoms with van der Waals surface area (Å²) >= 11 is 6.65. The van der Waals surface area contributed by atoms with Gasteiger partial charge in [0.2, 0.25) is 0 Å². The van der Waals surface area contributed by atoms with Gasteiger partial charge in [-0.1, -0.05) is 18.7 Å². The van der Waals surface area contributed by atoms with Gasteiger partial charge in [-0.15, -0.1) is 0 Å². The smallest absolute Gasteiger partial charge is 0.195 e. The maximum absolute atomic E-state index is 5.11. The van der Waals surface area contributed by atoms with Crippen molar-refractivity contribution in [3.05, 3.63) is 29.8 Å². The Balaban J connectivity index is 2.62. The highest BCUT2D eigenvalue weighted by Crippen LogP contribution is 2.09. The summed E-state index contributed by atoms with van der Waals surface area (Å²) in [4.78, 5) is 4.27. The molecule has 5 nitrogen and oxygen atoms in total. The van der Waals surface area contributed by atoms with Crippen LogP contribution in [-0.2, 0) is 0 Å². The van der Waals surface area contributed by atoms with E-state index in [1.165, 1.54) is 0 Å². The van der Waals surface area contributed by atoms with Crippen LogP contribution in [0.1, 0.15) is 19.4 Å². The van der Waals surface area contributed by atoms with Crippen molar-refractivity contribution in [2.24, 2.45) is 10.1 Å². The standard InChI is InChI=1S/C14H20N4OS2/c1-4-15-13(20)17-14(21-5-2)18-16-10-11-6-8-12(19-3)9-7-11/h6-10H,4-5H2,1-3H3,(H2,15,17,18,20)/b16-10+. The highest BCUT2D eigenvalue weighted by Gasteiger charge is 1.99. The number of amidine groups is 1. The number of methoxy groups -OCH3 is 1. The average molecular weight is 324 g/mol. The first-order valence-corrected chi connectivity index (χ1v) is 8.01. The SMILES string of the molecule is CCNC(=S)/N=C(/N/N=C/c1ccc(OC)cc1)SCC. The molecule has 0 heterocycles. The quantitative estimate of drug-likeness (QED) is 0.377. The Morgan fingerprint density at radius 3 is 2.62 bits per heavy atom. The van der Waals surface area contributed by atoms with Crippen molar-refractivity contribution in [3.63, 3.8) is 0 Å². The minimum absolute atomic E-state index is 0.459. The fourth-order valence-corrected chi connectivity index (χ4v) is 2.20. The largest absolute Gasteiger partial charge is 0.497 e. The molecular weight excluding hydrogens is 304 g/mol. The summed E-state index contributed by atoms with van der Waals surface area (Å²) in [5.41, 5.74) is 3.88. The summed E-state index contributed by atoms with van der Waals surface area (Å²) in [5.74, 6) is 1.71. The van der Waals surface area contributed by atoms with Crippen LogP contribution in [-0.4, -0.2) is 35.9 Å². The molecule has 21 heavy (non-hydrogen) atoms. The first kappa shape index (κ1) is 17.5. The van der Waals surface area contributed by atoms with Gasteiger partial charge in [0.05, 0.1) is 13.3 Å². The number of nitrogens with zero attached hydrogens (tertiary/aromatic N) is 2. The zero-order valence-corrected chi connectivity index (χ0v) is 14.1. The monoisotopic (exact) mass is 324 g/mol. The zero-order valence-electron chi connectivity index (χ0n) is 12.4. The Morgan fingerprint density at radius 2 is 2.05 bits per heavy atom. The Morgan fingerprint density at radius 1 is 1.33 bits per heavy atom. The number of aliphatic imine (C=N–C) groups is 1. The number of rotatable bonds is 5. The maximum Gasteiger partial charge on any atom is 0.195 e. The lowest BCUT2D eigenvalue weighted by Crippen LogP contribution is -2.23. The third-order valence-electron chi connectivity index (χ3n) is 2.30. The third kappa shape index (κ3) is 7.10. The summed E-state index contributed by atoms with van der Waals surface area (Å²) < 4.78 is 5.11. The number of hydrazone groups is 1. The van der Waals surface area contributed by atoms with Gasteiger partial charge in [-0.3, -0.25) is 5.43 Å². The van der Waals surface area contributed by atoms with E-state index in [1.54, 1.807) is 25.1 Å². The van der Waals surface area contributed by atoms with Crippen molar-refractivity contribution in [1.82, 2.24) is 10.7 Å². The van der Waals surface area contributed by atoms with E-state index >= 15 is 0 Å². The Labute approximate surface area is 135 Å². The lowest BCUT2D eigenvalue weighted by atomic mass is 10.2. The van der Waals surface area contributed by atoms with Gasteiger partial charge < -0.3 is 10.1 Å². The molecule has 0 unspecified atom stereocenters. The van der Waals surface area contributed by atoms with Gasteiger partial charge in [0.1, 0.15) is 5.75 Å². The van der Waals surface area contributed by atoms with Crippen molar-refractivity contribution < 1.29 is 4.74 Å². The molecule has 1 rings (SSSR count). The van der Waals surface area contributed by atoms with Gasteiger partial charge in [-0.05, 0) is 54.7 Å². The molecule has 0 aliphatic heterocycles. The second-order valence-corrected chi connectivity index (χ2v) is 5.47. The van der Waals surface area contributed by atoms with E-state index in [2.05, 4.69) is 20.8 Å². The van der Waals surface area contributed by atoms with Crippen LogP contribution in [0.2, 0.25) is 0 Å². The van der Waals surface area contributed by atoms with E-state index in [1.807, 2.05) is 38.1 Å². The van der Waals surface area contributed by atoms with E-state index in [0.717, 1.165) is 23.6 Å². The molecule has 2 N–H and O–H groups in total. The lowest BCUT2D eigenvalue weighted by molar-refractivity contribution is 0.415. The van der Waals surface area contributed by atoms with Crippen LogP contribution in [0.4, 0.5) is 0 Å². The molecule has 0 fully saturated rings. The third-order valence-corrected chi connectivity index (χ3v) is 3.28. The molecule has 0 atom stereocenters. The first-order chi connectivity index (χ1) is 10.2. The molecule has 0 saturated carbocycles. The number of nitrogens with one attached hydrogen (secondary N) is 2. The Bertz CT molecular complexity index is 500. The van der Waals surface area contributed by atoms with E-state index in [4.69, 9.17) is 17.0 Å². The normalized spacial score (nSPS) is 11.5. The maximum atomic E-state index is 5.11. The number of thiocarbonyl (C=S) groups is 1. The molecule has 114 valence electrons. The predicted molar refractivity (Wildman–Crippen MR) is 95.6 cm³/mol. The molecule has 0 aromatic heterocycles. The highest BCUT2D eigenvalue weighted by atomic mass is 32.2. The minimum Gasteiger partial charge on any atom is -0.497 e. The van der Waals surface area contributed by atoms with Gasteiger partial charge in [0.15, 0.2) is 10.3 Å². The molecule has 1 aromatic carbocycles. The summed E-state index contributed by atoms with van der Waals surface area (Å²) in [5, 5.41) is 8.29. The molecule has 0 bridgehead atoms. The molecule has 0 spiro atoms. The topological polar surface area (TPSA) is 58.0 Å². The molecule has 7 heteroatoms. The van der Waals surface area contributed by atoms with Crippen LogP contribution in [0.5, 0.6) is 5.75 Å². The van der Waals surface area contributed by atoms with E-state index in [9.17, 15) is 0 Å². The predicted octanol–water partition coefficient (Wildman–Crippen LogP) is 2.62. The Hall–Kier alpha value is -1.60. The second-order valence-electron chi connectivity index (χ2n) is 3.83. The number of ether oxygens (including phenoxy) is 1.